The molecule has 6 nitrogen and oxygen atoms in total. The lowest BCUT2D eigenvalue weighted by Gasteiger charge is -2.03. The van der Waals surface area contributed by atoms with E-state index in [1.54, 1.807) is 16.9 Å². The van der Waals surface area contributed by atoms with Gasteiger partial charge in [-0.1, -0.05) is 0 Å². The molecule has 2 aromatic heterocycles. The van der Waals surface area contributed by atoms with E-state index in [1.807, 2.05) is 7.05 Å². The molecule has 0 radical (unpaired) electrons. The summed E-state index contributed by atoms with van der Waals surface area (Å²) < 4.78 is 1.66. The predicted octanol–water partition coefficient (Wildman–Crippen LogP) is 1.00. The van der Waals surface area contributed by atoms with Gasteiger partial charge in [0.25, 0.3) is 0 Å². The Kier molecular flexibility index (Phi) is 2.28. The topological polar surface area (TPSA) is 68.5 Å². The zero-order chi connectivity index (χ0) is 9.97. The molecule has 0 bridgehead atoms. The number of nitrogens with one attached hydrogen (secondary N) is 1. The highest BCUT2D eigenvalue weighted by atomic mass is 35.5. The van der Waals surface area contributed by atoms with Crippen molar-refractivity contribution in [1.29, 1.82) is 0 Å². The van der Waals surface area contributed by atoms with Gasteiger partial charge in [0.05, 0.1) is 6.20 Å². The molecule has 0 aliphatic heterocycles. The lowest BCUT2D eigenvalue weighted by Crippen LogP contribution is -2.02. The molecule has 7 heteroatoms. The fourth-order valence-corrected chi connectivity index (χ4v) is 1.07. The fourth-order valence-electron chi connectivity index (χ4n) is 0.948. The smallest absolute Gasteiger partial charge is 0.232 e. The van der Waals surface area contributed by atoms with Gasteiger partial charge in [0, 0.05) is 13.1 Å². The van der Waals surface area contributed by atoms with Gasteiger partial charge >= 0.3 is 0 Å². The Bertz CT molecular complexity index is 439. The van der Waals surface area contributed by atoms with Crippen LogP contribution in [0.3, 0.4) is 0 Å². The van der Waals surface area contributed by atoms with Gasteiger partial charge in [-0.3, -0.25) is 4.68 Å². The first kappa shape index (κ1) is 8.89. The third-order valence-corrected chi connectivity index (χ3v) is 1.79. The number of hydrogen-bond donors (Lipinski definition) is 1. The van der Waals surface area contributed by atoms with Gasteiger partial charge < -0.3 is 5.32 Å². The van der Waals surface area contributed by atoms with Crippen LogP contribution in [0.2, 0.25) is 5.28 Å². The Morgan fingerprint density at radius 1 is 1.43 bits per heavy atom. The van der Waals surface area contributed by atoms with E-state index in [0.717, 1.165) is 5.82 Å². The highest BCUT2D eigenvalue weighted by molar-refractivity contribution is 6.28. The van der Waals surface area contributed by atoms with E-state index in [1.165, 1.54) is 6.33 Å². The van der Waals surface area contributed by atoms with Crippen molar-refractivity contribution in [1.82, 2.24) is 24.7 Å². The Morgan fingerprint density at radius 2 is 2.29 bits per heavy atom. The number of aromatic nitrogens is 5. The van der Waals surface area contributed by atoms with Crippen molar-refractivity contribution >= 4 is 23.4 Å². The maximum Gasteiger partial charge on any atom is 0.232 e. The molecule has 2 heterocycles. The zero-order valence-electron chi connectivity index (χ0n) is 7.35. The van der Waals surface area contributed by atoms with Crippen LogP contribution in [0.4, 0.5) is 11.8 Å². The summed E-state index contributed by atoms with van der Waals surface area (Å²) in [7, 11) is 1.81. The summed E-state index contributed by atoms with van der Waals surface area (Å²) in [5.74, 6) is 1.18. The van der Waals surface area contributed by atoms with Crippen molar-refractivity contribution in [3.05, 3.63) is 23.9 Å². The fraction of sp³-hybridized carbons (Fsp3) is 0.143. The van der Waals surface area contributed by atoms with Crippen LogP contribution >= 0.6 is 11.6 Å². The molecular weight excluding hydrogens is 204 g/mol. The van der Waals surface area contributed by atoms with Gasteiger partial charge in [0.15, 0.2) is 0 Å². The van der Waals surface area contributed by atoms with E-state index < -0.39 is 0 Å². The SMILES string of the molecule is Cn1nccc1Nc1ncnc(Cl)n1. The molecule has 1 N–H and O–H groups in total. The molecule has 0 spiro atoms. The van der Waals surface area contributed by atoms with Gasteiger partial charge in [0.2, 0.25) is 11.2 Å². The molecule has 0 saturated carbocycles. The number of hydrogen-bond acceptors (Lipinski definition) is 5. The molecule has 0 aliphatic rings. The molecular formula is C7H7ClN6. The minimum absolute atomic E-state index is 0.157. The first-order chi connectivity index (χ1) is 6.75. The van der Waals surface area contributed by atoms with E-state index in [4.69, 9.17) is 11.6 Å². The Labute approximate surface area is 85.0 Å². The van der Waals surface area contributed by atoms with Gasteiger partial charge in [0.1, 0.15) is 12.1 Å². The molecule has 0 atom stereocenters. The number of nitrogens with zero attached hydrogens (tertiary/aromatic N) is 5. The molecule has 2 aromatic rings. The summed E-state index contributed by atoms with van der Waals surface area (Å²) in [6.07, 6.45) is 3.01. The lowest BCUT2D eigenvalue weighted by atomic mass is 10.6. The van der Waals surface area contributed by atoms with Crippen LogP contribution in [0.15, 0.2) is 18.6 Å². The molecule has 0 fully saturated rings. The molecule has 2 rings (SSSR count). The van der Waals surface area contributed by atoms with E-state index in [-0.39, 0.29) is 5.28 Å². The summed E-state index contributed by atoms with van der Waals surface area (Å²) >= 11 is 5.60. The van der Waals surface area contributed by atoms with Crippen molar-refractivity contribution in [2.24, 2.45) is 7.05 Å². The average Bonchev–Trinajstić information content (AvgIpc) is 2.52. The first-order valence-corrected chi connectivity index (χ1v) is 4.23. The van der Waals surface area contributed by atoms with E-state index >= 15 is 0 Å². The maximum atomic E-state index is 5.60. The van der Waals surface area contributed by atoms with E-state index in [0.29, 0.717) is 5.95 Å². The summed E-state index contributed by atoms with van der Waals surface area (Å²) in [5, 5.41) is 7.09. The third kappa shape index (κ3) is 1.80. The summed E-state index contributed by atoms with van der Waals surface area (Å²) in [4.78, 5) is 11.4. The number of halogens is 1. The Balaban J connectivity index is 2.23. The van der Waals surface area contributed by atoms with Crippen molar-refractivity contribution in [3.63, 3.8) is 0 Å². The summed E-state index contributed by atoms with van der Waals surface area (Å²) in [6, 6.07) is 1.80. The third-order valence-electron chi connectivity index (χ3n) is 1.60. The van der Waals surface area contributed by atoms with Crippen molar-refractivity contribution < 1.29 is 0 Å². The highest BCUT2D eigenvalue weighted by Crippen LogP contribution is 2.10. The normalized spacial score (nSPS) is 10.1. The lowest BCUT2D eigenvalue weighted by molar-refractivity contribution is 0.775. The molecule has 0 saturated heterocycles. The van der Waals surface area contributed by atoms with Crippen LogP contribution in [0.1, 0.15) is 0 Å². The van der Waals surface area contributed by atoms with Crippen molar-refractivity contribution in [2.45, 2.75) is 0 Å². The second kappa shape index (κ2) is 3.59. The quantitative estimate of drug-likeness (QED) is 0.801. The van der Waals surface area contributed by atoms with Crippen LogP contribution < -0.4 is 5.32 Å². The van der Waals surface area contributed by atoms with Gasteiger partial charge in [-0.05, 0) is 11.6 Å². The van der Waals surface area contributed by atoms with Crippen molar-refractivity contribution in [2.75, 3.05) is 5.32 Å². The van der Waals surface area contributed by atoms with Crippen molar-refractivity contribution in [3.8, 4) is 0 Å². The summed E-state index contributed by atoms with van der Waals surface area (Å²) in [6.45, 7) is 0. The number of aryl methyl sites for hydroxylation is 1. The highest BCUT2D eigenvalue weighted by Gasteiger charge is 2.01. The largest absolute Gasteiger partial charge is 0.309 e. The summed E-state index contributed by atoms with van der Waals surface area (Å²) in [5.41, 5.74) is 0. The van der Waals surface area contributed by atoms with E-state index in [9.17, 15) is 0 Å². The second-order valence-corrected chi connectivity index (χ2v) is 2.88. The second-order valence-electron chi connectivity index (χ2n) is 2.54. The average molecular weight is 211 g/mol. The van der Waals surface area contributed by atoms with E-state index in [2.05, 4.69) is 25.4 Å². The molecule has 0 amide bonds. The minimum Gasteiger partial charge on any atom is -0.309 e. The molecule has 72 valence electrons. The van der Waals surface area contributed by atoms with Gasteiger partial charge in [-0.15, -0.1) is 0 Å². The predicted molar refractivity (Wildman–Crippen MR) is 51.3 cm³/mol. The minimum atomic E-state index is 0.157. The van der Waals surface area contributed by atoms with Gasteiger partial charge in [-0.25, -0.2) is 9.97 Å². The molecule has 0 unspecified atom stereocenters. The van der Waals surface area contributed by atoms with Crippen LogP contribution in [0.5, 0.6) is 0 Å². The first-order valence-electron chi connectivity index (χ1n) is 3.85. The Morgan fingerprint density at radius 3 is 2.93 bits per heavy atom. The molecule has 0 aliphatic carbocycles. The van der Waals surface area contributed by atoms with Crippen LogP contribution in [0.25, 0.3) is 0 Å². The Hall–Kier alpha value is -1.69. The number of rotatable bonds is 2. The zero-order valence-corrected chi connectivity index (χ0v) is 8.10. The monoisotopic (exact) mass is 210 g/mol. The van der Waals surface area contributed by atoms with Crippen LogP contribution in [0, 0.1) is 0 Å². The molecule has 14 heavy (non-hydrogen) atoms. The maximum absolute atomic E-state index is 5.60. The number of anilines is 2. The van der Waals surface area contributed by atoms with Crippen LogP contribution in [-0.4, -0.2) is 24.7 Å². The van der Waals surface area contributed by atoms with Crippen LogP contribution in [-0.2, 0) is 7.05 Å². The standard InChI is InChI=1S/C7H7ClN6/c1-14-5(2-3-11-14)12-7-10-4-9-6(8)13-7/h2-4H,1H3,(H,9,10,12,13). The van der Waals surface area contributed by atoms with Gasteiger partial charge in [-0.2, -0.15) is 10.1 Å². The molecule has 0 aromatic carbocycles.